The monoisotopic (exact) mass is 422 g/mol. The number of hydrogen-bond acceptors (Lipinski definition) is 6. The van der Waals surface area contributed by atoms with Crippen LogP contribution in [0.25, 0.3) is 11.0 Å². The lowest BCUT2D eigenvalue weighted by atomic mass is 9.99. The van der Waals surface area contributed by atoms with Gasteiger partial charge in [-0.1, -0.05) is 37.6 Å². The first-order chi connectivity index (χ1) is 14.4. The van der Waals surface area contributed by atoms with Crippen LogP contribution in [0.5, 0.6) is 11.8 Å². The minimum absolute atomic E-state index is 0.269. The van der Waals surface area contributed by atoms with Crippen molar-refractivity contribution in [2.75, 3.05) is 11.1 Å². The molecule has 0 bridgehead atoms. The molecule has 2 aromatic carbocycles. The van der Waals surface area contributed by atoms with E-state index in [4.69, 9.17) is 22.1 Å². The Kier molecular flexibility index (Phi) is 5.46. The number of benzene rings is 2. The van der Waals surface area contributed by atoms with Gasteiger partial charge in [-0.3, -0.25) is 0 Å². The second-order valence-electron chi connectivity index (χ2n) is 7.41. The number of nitrogens with two attached hydrogens (primary N) is 1. The van der Waals surface area contributed by atoms with Crippen molar-refractivity contribution in [3.8, 4) is 11.8 Å². The largest absolute Gasteiger partial charge is 0.424 e. The SMILES string of the molecule is CC(C)c1cc(CNc2nc3ccc(N)cc3n2C)ccc1Oc1ncc(Cl)cn1. The lowest BCUT2D eigenvalue weighted by molar-refractivity contribution is 0.434. The molecule has 4 rings (SSSR count). The molecule has 3 N–H and O–H groups in total. The van der Waals surface area contributed by atoms with Crippen molar-refractivity contribution in [1.82, 2.24) is 19.5 Å². The number of hydrogen-bond donors (Lipinski definition) is 2. The fraction of sp³-hybridized carbons (Fsp3) is 0.227. The van der Waals surface area contributed by atoms with E-state index in [2.05, 4.69) is 40.2 Å². The van der Waals surface area contributed by atoms with Crippen LogP contribution >= 0.6 is 11.6 Å². The summed E-state index contributed by atoms with van der Waals surface area (Å²) in [5, 5.41) is 3.88. The third kappa shape index (κ3) is 4.16. The number of anilines is 2. The third-order valence-corrected chi connectivity index (χ3v) is 5.04. The fourth-order valence-corrected chi connectivity index (χ4v) is 3.35. The first-order valence-corrected chi connectivity index (χ1v) is 10.0. The highest BCUT2D eigenvalue weighted by Gasteiger charge is 2.13. The Morgan fingerprint density at radius 3 is 2.63 bits per heavy atom. The summed E-state index contributed by atoms with van der Waals surface area (Å²) < 4.78 is 7.89. The molecule has 0 aliphatic heterocycles. The molecule has 0 amide bonds. The molecule has 2 heterocycles. The molecule has 30 heavy (non-hydrogen) atoms. The molecule has 0 saturated heterocycles. The van der Waals surface area contributed by atoms with Gasteiger partial charge in [-0.2, -0.15) is 0 Å². The highest BCUT2D eigenvalue weighted by molar-refractivity contribution is 6.30. The standard InChI is InChI=1S/C22H23ClN6O/c1-13(2)17-8-14(4-7-20(17)30-22-26-11-15(23)12-27-22)10-25-21-28-18-6-5-16(24)9-19(18)29(21)3/h4-9,11-13H,10,24H2,1-3H3,(H,25,28). The summed E-state index contributed by atoms with van der Waals surface area (Å²) in [7, 11) is 1.97. The van der Waals surface area contributed by atoms with Gasteiger partial charge in [0.05, 0.1) is 28.4 Å². The van der Waals surface area contributed by atoms with E-state index in [-0.39, 0.29) is 11.9 Å². The van der Waals surface area contributed by atoms with Crippen molar-refractivity contribution >= 4 is 34.3 Å². The van der Waals surface area contributed by atoms with Crippen LogP contribution in [0.15, 0.2) is 48.8 Å². The summed E-state index contributed by atoms with van der Waals surface area (Å²) in [4.78, 5) is 12.9. The minimum atomic E-state index is 0.269. The number of aromatic nitrogens is 4. The summed E-state index contributed by atoms with van der Waals surface area (Å²) in [6, 6.07) is 12.1. The molecule has 4 aromatic rings. The van der Waals surface area contributed by atoms with E-state index in [1.165, 1.54) is 12.4 Å². The number of nitrogen functional groups attached to an aromatic ring is 1. The van der Waals surface area contributed by atoms with Crippen LogP contribution in [0.1, 0.15) is 30.9 Å². The summed E-state index contributed by atoms with van der Waals surface area (Å²) in [5.41, 5.74) is 10.7. The Hall–Kier alpha value is -3.32. The van der Waals surface area contributed by atoms with E-state index in [1.54, 1.807) is 0 Å². The van der Waals surface area contributed by atoms with Gasteiger partial charge >= 0.3 is 6.01 Å². The Labute approximate surface area is 179 Å². The Balaban J connectivity index is 1.54. The van der Waals surface area contributed by atoms with E-state index < -0.39 is 0 Å². The number of nitrogens with one attached hydrogen (secondary N) is 1. The third-order valence-electron chi connectivity index (χ3n) is 4.85. The number of rotatable bonds is 6. The number of aryl methyl sites for hydroxylation is 1. The lowest BCUT2D eigenvalue weighted by Crippen LogP contribution is -2.06. The van der Waals surface area contributed by atoms with E-state index in [9.17, 15) is 0 Å². The first-order valence-electron chi connectivity index (χ1n) is 9.65. The highest BCUT2D eigenvalue weighted by Crippen LogP contribution is 2.31. The normalized spacial score (nSPS) is 11.2. The van der Waals surface area contributed by atoms with Gasteiger partial charge in [0.15, 0.2) is 0 Å². The number of fused-ring (bicyclic) bond motifs is 1. The summed E-state index contributed by atoms with van der Waals surface area (Å²) in [6.07, 6.45) is 3.03. The molecule has 0 radical (unpaired) electrons. The minimum Gasteiger partial charge on any atom is -0.424 e. The molecule has 0 unspecified atom stereocenters. The predicted octanol–water partition coefficient (Wildman–Crippen LogP) is 5.13. The van der Waals surface area contributed by atoms with Crippen LogP contribution in [0.4, 0.5) is 11.6 Å². The Morgan fingerprint density at radius 1 is 1.13 bits per heavy atom. The predicted molar refractivity (Wildman–Crippen MR) is 120 cm³/mol. The molecular formula is C22H23ClN6O. The summed E-state index contributed by atoms with van der Waals surface area (Å²) in [5.74, 6) is 1.79. The lowest BCUT2D eigenvalue weighted by Gasteiger charge is -2.15. The van der Waals surface area contributed by atoms with Crippen LogP contribution in [0, 0.1) is 0 Å². The van der Waals surface area contributed by atoms with E-state index in [1.807, 2.05) is 41.9 Å². The zero-order chi connectivity index (χ0) is 21.3. The molecule has 0 atom stereocenters. The molecule has 2 aromatic heterocycles. The molecular weight excluding hydrogens is 400 g/mol. The smallest absolute Gasteiger partial charge is 0.321 e. The van der Waals surface area contributed by atoms with Gasteiger partial charge in [0.1, 0.15) is 5.75 Å². The van der Waals surface area contributed by atoms with Crippen LogP contribution in [-0.2, 0) is 13.6 Å². The van der Waals surface area contributed by atoms with E-state index in [0.29, 0.717) is 11.6 Å². The van der Waals surface area contributed by atoms with Crippen molar-refractivity contribution in [3.05, 3.63) is 64.9 Å². The number of imidazole rings is 1. The molecule has 0 spiro atoms. The quantitative estimate of drug-likeness (QED) is 0.419. The average Bonchev–Trinajstić information content (AvgIpc) is 3.04. The average molecular weight is 423 g/mol. The number of ether oxygens (including phenoxy) is 1. The first kappa shape index (κ1) is 20.0. The maximum absolute atomic E-state index is 5.90. The second-order valence-corrected chi connectivity index (χ2v) is 7.85. The zero-order valence-electron chi connectivity index (χ0n) is 17.1. The van der Waals surface area contributed by atoms with Gasteiger partial charge in [-0.05, 0) is 41.3 Å². The second kappa shape index (κ2) is 8.20. The zero-order valence-corrected chi connectivity index (χ0v) is 17.8. The van der Waals surface area contributed by atoms with Crippen LogP contribution in [-0.4, -0.2) is 19.5 Å². The van der Waals surface area contributed by atoms with Gasteiger partial charge in [-0.15, -0.1) is 0 Å². The van der Waals surface area contributed by atoms with Crippen molar-refractivity contribution in [1.29, 1.82) is 0 Å². The van der Waals surface area contributed by atoms with Gasteiger partial charge in [0, 0.05) is 19.3 Å². The summed E-state index contributed by atoms with van der Waals surface area (Å²) in [6.45, 7) is 4.88. The molecule has 0 aliphatic rings. The molecule has 8 heteroatoms. The maximum Gasteiger partial charge on any atom is 0.321 e. The molecule has 0 fully saturated rings. The molecule has 0 saturated carbocycles. The number of nitrogens with zero attached hydrogens (tertiary/aromatic N) is 4. The number of halogens is 1. The Morgan fingerprint density at radius 2 is 1.90 bits per heavy atom. The summed E-state index contributed by atoms with van der Waals surface area (Å²) >= 11 is 5.85. The van der Waals surface area contributed by atoms with E-state index in [0.717, 1.165) is 39.5 Å². The molecule has 0 aliphatic carbocycles. The van der Waals surface area contributed by atoms with Crippen molar-refractivity contribution in [2.45, 2.75) is 26.3 Å². The van der Waals surface area contributed by atoms with Crippen LogP contribution in [0.2, 0.25) is 5.02 Å². The van der Waals surface area contributed by atoms with Crippen molar-refractivity contribution in [3.63, 3.8) is 0 Å². The van der Waals surface area contributed by atoms with Crippen LogP contribution < -0.4 is 15.8 Å². The van der Waals surface area contributed by atoms with Gasteiger partial charge in [0.2, 0.25) is 5.95 Å². The molecule has 154 valence electrons. The van der Waals surface area contributed by atoms with Crippen molar-refractivity contribution in [2.24, 2.45) is 7.05 Å². The van der Waals surface area contributed by atoms with Crippen LogP contribution in [0.3, 0.4) is 0 Å². The molecule has 7 nitrogen and oxygen atoms in total. The maximum atomic E-state index is 5.90. The van der Waals surface area contributed by atoms with Crippen molar-refractivity contribution < 1.29 is 4.74 Å². The Bertz CT molecular complexity index is 1190. The topological polar surface area (TPSA) is 90.9 Å². The highest BCUT2D eigenvalue weighted by atomic mass is 35.5. The van der Waals surface area contributed by atoms with Gasteiger partial charge in [-0.25, -0.2) is 15.0 Å². The van der Waals surface area contributed by atoms with E-state index >= 15 is 0 Å². The van der Waals surface area contributed by atoms with Gasteiger partial charge < -0.3 is 20.4 Å². The van der Waals surface area contributed by atoms with Gasteiger partial charge in [0.25, 0.3) is 0 Å². The fourth-order valence-electron chi connectivity index (χ4n) is 3.25.